The second-order valence-corrected chi connectivity index (χ2v) is 4.78. The molecule has 1 heterocycles. The Morgan fingerprint density at radius 3 is 2.65 bits per heavy atom. The number of hydrogen-bond donors (Lipinski definition) is 2. The summed E-state index contributed by atoms with van der Waals surface area (Å²) in [4.78, 5) is 8.94. The summed E-state index contributed by atoms with van der Waals surface area (Å²) in [5, 5.41) is 3.35. The molecule has 1 aromatic heterocycles. The molecule has 5 heteroatoms. The SMILES string of the molecule is CCOc1nc(C2CC2)nc(NC2CC2)c1N. The number of ether oxygens (including phenoxy) is 1. The minimum Gasteiger partial charge on any atom is -0.476 e. The highest BCUT2D eigenvalue weighted by Crippen LogP contribution is 2.41. The molecule has 92 valence electrons. The molecule has 2 aliphatic carbocycles. The third-order valence-corrected chi connectivity index (χ3v) is 3.07. The van der Waals surface area contributed by atoms with Crippen LogP contribution in [0, 0.1) is 0 Å². The first-order chi connectivity index (χ1) is 8.28. The van der Waals surface area contributed by atoms with Crippen LogP contribution in [0.2, 0.25) is 0 Å². The molecular weight excluding hydrogens is 216 g/mol. The predicted molar refractivity (Wildman–Crippen MR) is 66.2 cm³/mol. The van der Waals surface area contributed by atoms with Crippen LogP contribution in [0.25, 0.3) is 0 Å². The predicted octanol–water partition coefficient (Wildman–Crippen LogP) is 1.91. The fourth-order valence-corrected chi connectivity index (χ4v) is 1.77. The van der Waals surface area contributed by atoms with Gasteiger partial charge in [0.25, 0.3) is 0 Å². The van der Waals surface area contributed by atoms with E-state index in [0.717, 1.165) is 11.6 Å². The van der Waals surface area contributed by atoms with Gasteiger partial charge in [0.05, 0.1) is 6.61 Å². The van der Waals surface area contributed by atoms with Gasteiger partial charge in [0, 0.05) is 12.0 Å². The number of anilines is 2. The van der Waals surface area contributed by atoms with Crippen molar-refractivity contribution >= 4 is 11.5 Å². The van der Waals surface area contributed by atoms with Crippen molar-refractivity contribution in [3.63, 3.8) is 0 Å². The average Bonchev–Trinajstić information content (AvgIpc) is 3.14. The summed E-state index contributed by atoms with van der Waals surface area (Å²) in [6.07, 6.45) is 4.76. The van der Waals surface area contributed by atoms with Crippen LogP contribution >= 0.6 is 0 Å². The molecule has 2 fully saturated rings. The van der Waals surface area contributed by atoms with Gasteiger partial charge in [-0.2, -0.15) is 4.98 Å². The van der Waals surface area contributed by atoms with E-state index in [9.17, 15) is 0 Å². The molecule has 3 N–H and O–H groups in total. The van der Waals surface area contributed by atoms with Gasteiger partial charge in [-0.15, -0.1) is 0 Å². The number of nitrogens with one attached hydrogen (secondary N) is 1. The third kappa shape index (κ3) is 2.28. The normalized spacial score (nSPS) is 19.1. The molecule has 0 amide bonds. The summed E-state index contributed by atoms with van der Waals surface area (Å²) in [6, 6.07) is 0.536. The standard InChI is InChI=1S/C12H18N4O/c1-2-17-12-9(13)11(14-8-5-6-8)15-10(16-12)7-3-4-7/h7-8H,2-6,13H2,1H3,(H,14,15,16). The van der Waals surface area contributed by atoms with Crippen molar-refractivity contribution in [1.29, 1.82) is 0 Å². The van der Waals surface area contributed by atoms with Crippen LogP contribution in [0.5, 0.6) is 5.88 Å². The van der Waals surface area contributed by atoms with E-state index in [-0.39, 0.29) is 0 Å². The van der Waals surface area contributed by atoms with Crippen molar-refractivity contribution in [2.45, 2.75) is 44.6 Å². The van der Waals surface area contributed by atoms with Crippen molar-refractivity contribution in [3.05, 3.63) is 5.82 Å². The topological polar surface area (TPSA) is 73.1 Å². The van der Waals surface area contributed by atoms with E-state index in [1.807, 2.05) is 6.92 Å². The summed E-state index contributed by atoms with van der Waals surface area (Å²) in [6.45, 7) is 2.51. The maximum Gasteiger partial charge on any atom is 0.242 e. The first-order valence-electron chi connectivity index (χ1n) is 6.34. The lowest BCUT2D eigenvalue weighted by molar-refractivity contribution is 0.327. The maximum absolute atomic E-state index is 6.02. The van der Waals surface area contributed by atoms with Gasteiger partial charge >= 0.3 is 0 Å². The lowest BCUT2D eigenvalue weighted by Gasteiger charge is -2.13. The van der Waals surface area contributed by atoms with Gasteiger partial charge in [0.15, 0.2) is 5.82 Å². The Hall–Kier alpha value is -1.52. The molecule has 2 aliphatic rings. The van der Waals surface area contributed by atoms with E-state index in [4.69, 9.17) is 10.5 Å². The zero-order valence-corrected chi connectivity index (χ0v) is 10.1. The van der Waals surface area contributed by atoms with Crippen LogP contribution in [-0.4, -0.2) is 22.6 Å². The number of rotatable bonds is 5. The minimum atomic E-state index is 0.509. The largest absolute Gasteiger partial charge is 0.476 e. The number of hydrogen-bond acceptors (Lipinski definition) is 5. The van der Waals surface area contributed by atoms with Crippen molar-refractivity contribution in [2.24, 2.45) is 0 Å². The number of nitrogen functional groups attached to an aromatic ring is 1. The highest BCUT2D eigenvalue weighted by molar-refractivity contribution is 5.67. The fourth-order valence-electron chi connectivity index (χ4n) is 1.77. The van der Waals surface area contributed by atoms with Crippen LogP contribution in [0.3, 0.4) is 0 Å². The van der Waals surface area contributed by atoms with Gasteiger partial charge < -0.3 is 15.8 Å². The summed E-state index contributed by atoms with van der Waals surface area (Å²) >= 11 is 0. The quantitative estimate of drug-likeness (QED) is 0.814. The van der Waals surface area contributed by atoms with Gasteiger partial charge in [0.2, 0.25) is 5.88 Å². The second-order valence-electron chi connectivity index (χ2n) is 4.78. The molecule has 0 aromatic carbocycles. The maximum atomic E-state index is 6.02. The summed E-state index contributed by atoms with van der Waals surface area (Å²) < 4.78 is 5.48. The fraction of sp³-hybridized carbons (Fsp3) is 0.667. The molecule has 3 rings (SSSR count). The molecule has 0 unspecified atom stereocenters. The molecule has 1 aromatic rings. The van der Waals surface area contributed by atoms with E-state index in [1.165, 1.54) is 25.7 Å². The van der Waals surface area contributed by atoms with Crippen LogP contribution in [0.4, 0.5) is 11.5 Å². The number of aromatic nitrogens is 2. The lowest BCUT2D eigenvalue weighted by Crippen LogP contribution is -2.11. The summed E-state index contributed by atoms with van der Waals surface area (Å²) in [5.74, 6) is 2.68. The molecule has 17 heavy (non-hydrogen) atoms. The zero-order valence-electron chi connectivity index (χ0n) is 10.1. The summed E-state index contributed by atoms with van der Waals surface area (Å²) in [5.41, 5.74) is 6.57. The molecule has 0 aliphatic heterocycles. The van der Waals surface area contributed by atoms with Gasteiger partial charge in [-0.25, -0.2) is 4.98 Å². The Labute approximate surface area is 101 Å². The van der Waals surface area contributed by atoms with Crippen molar-refractivity contribution in [1.82, 2.24) is 9.97 Å². The second kappa shape index (κ2) is 4.05. The zero-order chi connectivity index (χ0) is 11.8. The van der Waals surface area contributed by atoms with E-state index >= 15 is 0 Å². The van der Waals surface area contributed by atoms with Crippen molar-refractivity contribution < 1.29 is 4.74 Å². The average molecular weight is 234 g/mol. The molecule has 0 atom stereocenters. The number of nitrogens with two attached hydrogens (primary N) is 1. The van der Waals surface area contributed by atoms with Crippen LogP contribution in [0.1, 0.15) is 44.3 Å². The van der Waals surface area contributed by atoms with Gasteiger partial charge in [-0.05, 0) is 32.6 Å². The van der Waals surface area contributed by atoms with E-state index in [1.54, 1.807) is 0 Å². The van der Waals surface area contributed by atoms with Crippen LogP contribution in [0.15, 0.2) is 0 Å². The Morgan fingerprint density at radius 1 is 1.29 bits per heavy atom. The lowest BCUT2D eigenvalue weighted by atomic mass is 10.3. The first-order valence-corrected chi connectivity index (χ1v) is 6.34. The molecule has 2 saturated carbocycles. The molecule has 5 nitrogen and oxygen atoms in total. The van der Waals surface area contributed by atoms with E-state index < -0.39 is 0 Å². The van der Waals surface area contributed by atoms with Crippen molar-refractivity contribution in [2.75, 3.05) is 17.7 Å². The smallest absolute Gasteiger partial charge is 0.242 e. The molecule has 0 saturated heterocycles. The monoisotopic (exact) mass is 234 g/mol. The summed E-state index contributed by atoms with van der Waals surface area (Å²) in [7, 11) is 0. The molecule has 0 spiro atoms. The highest BCUT2D eigenvalue weighted by atomic mass is 16.5. The Morgan fingerprint density at radius 2 is 2.06 bits per heavy atom. The van der Waals surface area contributed by atoms with E-state index in [2.05, 4.69) is 15.3 Å². The Bertz CT molecular complexity index is 427. The molecule has 0 bridgehead atoms. The highest BCUT2D eigenvalue weighted by Gasteiger charge is 2.30. The van der Waals surface area contributed by atoms with Crippen molar-refractivity contribution in [3.8, 4) is 5.88 Å². The van der Waals surface area contributed by atoms with Gasteiger partial charge in [-0.3, -0.25) is 0 Å². The minimum absolute atomic E-state index is 0.509. The molecular formula is C12H18N4O. The van der Waals surface area contributed by atoms with Gasteiger partial charge in [0.1, 0.15) is 11.5 Å². The van der Waals surface area contributed by atoms with Crippen LogP contribution < -0.4 is 15.8 Å². The van der Waals surface area contributed by atoms with Crippen LogP contribution in [-0.2, 0) is 0 Å². The Balaban J connectivity index is 1.92. The number of nitrogens with zero attached hydrogens (tertiary/aromatic N) is 2. The first kappa shape index (κ1) is 10.6. The molecule has 0 radical (unpaired) electrons. The van der Waals surface area contributed by atoms with E-state index in [0.29, 0.717) is 30.1 Å². The van der Waals surface area contributed by atoms with Gasteiger partial charge in [-0.1, -0.05) is 0 Å². The third-order valence-electron chi connectivity index (χ3n) is 3.07. The Kier molecular flexibility index (Phi) is 2.53.